The van der Waals surface area contributed by atoms with E-state index in [0.717, 1.165) is 12.5 Å². The van der Waals surface area contributed by atoms with Crippen LogP contribution in [-0.4, -0.2) is 19.9 Å². The van der Waals surface area contributed by atoms with Crippen LogP contribution in [0.3, 0.4) is 0 Å². The zero-order chi connectivity index (χ0) is 16.8. The average Bonchev–Trinajstić information content (AvgIpc) is 3.22. The topological polar surface area (TPSA) is 27.8 Å². The van der Waals surface area contributed by atoms with E-state index >= 15 is 0 Å². The zero-order valence-corrected chi connectivity index (χ0v) is 15.4. The minimum absolute atomic E-state index is 0. The van der Waals surface area contributed by atoms with Crippen molar-refractivity contribution in [2.45, 2.75) is 45.4 Å². The number of benzene rings is 2. The van der Waals surface area contributed by atoms with Crippen molar-refractivity contribution >= 4 is 25.0 Å². The summed E-state index contributed by atoms with van der Waals surface area (Å²) in [5.74, 6) is 0.756. The molecule has 25 heavy (non-hydrogen) atoms. The highest BCUT2D eigenvalue weighted by Gasteiger charge is 2.19. The van der Waals surface area contributed by atoms with Crippen LogP contribution in [0.1, 0.15) is 50.2 Å². The lowest BCUT2D eigenvalue weighted by Gasteiger charge is -2.06. The molecule has 1 aliphatic rings. The number of aromatic amines is 1. The maximum absolute atomic E-state index is 3.44. The molecule has 2 N–H and O–H groups in total. The molecule has 0 fully saturated rings. The Morgan fingerprint density at radius 3 is 2.52 bits per heavy atom. The molecule has 1 aromatic heterocycles. The molecule has 4 rings (SSSR count). The number of nitrogens with one attached hydrogen (secondary N) is 2. The number of para-hydroxylation sites is 2. The molecule has 3 aromatic rings. The molecule has 0 spiro atoms. The highest BCUT2D eigenvalue weighted by atomic mass is 14.9. The summed E-state index contributed by atoms with van der Waals surface area (Å²) < 4.78 is 0. The molecule has 3 heteroatoms. The van der Waals surface area contributed by atoms with Crippen LogP contribution in [0.2, 0.25) is 0 Å². The lowest BCUT2D eigenvalue weighted by Crippen LogP contribution is -2.00. The lowest BCUT2D eigenvalue weighted by atomic mass is 9.97. The molecule has 0 saturated carbocycles. The van der Waals surface area contributed by atoms with E-state index in [1.165, 1.54) is 53.4 Å². The van der Waals surface area contributed by atoms with Gasteiger partial charge in [0, 0.05) is 43.7 Å². The third-order valence-electron chi connectivity index (χ3n) is 4.77. The molecule has 0 bridgehead atoms. The highest BCUT2D eigenvalue weighted by Crippen LogP contribution is 2.33. The summed E-state index contributed by atoms with van der Waals surface area (Å²) in [6.07, 6.45) is 7.09. The van der Waals surface area contributed by atoms with Gasteiger partial charge in [0.1, 0.15) is 0 Å². The number of hydrogen-bond acceptors (Lipinski definition) is 1. The van der Waals surface area contributed by atoms with Crippen LogP contribution in [0.5, 0.6) is 0 Å². The third-order valence-corrected chi connectivity index (χ3v) is 4.77. The first-order valence-corrected chi connectivity index (χ1v) is 9.21. The van der Waals surface area contributed by atoms with Gasteiger partial charge in [0.05, 0.1) is 0 Å². The Morgan fingerprint density at radius 1 is 0.960 bits per heavy atom. The average molecular weight is 331 g/mol. The van der Waals surface area contributed by atoms with Gasteiger partial charge in [-0.25, -0.2) is 0 Å². The molecule has 2 aromatic carbocycles. The molecule has 0 aliphatic carbocycles. The van der Waals surface area contributed by atoms with Gasteiger partial charge in [-0.2, -0.15) is 0 Å². The summed E-state index contributed by atoms with van der Waals surface area (Å²) in [6.45, 7) is 5.59. The van der Waals surface area contributed by atoms with E-state index < -0.39 is 0 Å². The van der Waals surface area contributed by atoms with Gasteiger partial charge in [-0.3, -0.25) is 0 Å². The van der Waals surface area contributed by atoms with E-state index in [0.29, 0.717) is 0 Å². The number of aryl methyl sites for hydroxylation is 1. The Hall–Kier alpha value is -2.16. The van der Waals surface area contributed by atoms with E-state index in [1.807, 2.05) is 0 Å². The van der Waals surface area contributed by atoms with E-state index in [4.69, 9.17) is 0 Å². The van der Waals surface area contributed by atoms with Crippen molar-refractivity contribution in [1.82, 2.24) is 4.98 Å². The van der Waals surface area contributed by atoms with Crippen molar-refractivity contribution in [3.8, 4) is 0 Å². The summed E-state index contributed by atoms with van der Waals surface area (Å²) in [5, 5.41) is 4.81. The van der Waals surface area contributed by atoms with Crippen LogP contribution >= 0.6 is 0 Å². The molecule has 0 saturated heterocycles. The van der Waals surface area contributed by atoms with Crippen molar-refractivity contribution in [2.24, 2.45) is 0 Å². The zero-order valence-electron chi connectivity index (χ0n) is 15.4. The van der Waals surface area contributed by atoms with Gasteiger partial charge in [-0.15, -0.1) is 0 Å². The molecular weight excluding hydrogens is 303 g/mol. The van der Waals surface area contributed by atoms with Crippen LogP contribution in [0.15, 0.2) is 54.7 Å². The highest BCUT2D eigenvalue weighted by molar-refractivity contribution is 5.82. The van der Waals surface area contributed by atoms with Gasteiger partial charge in [-0.05, 0) is 36.1 Å². The maximum Gasteiger partial charge on any atom is 0.0456 e. The number of anilines is 1. The van der Waals surface area contributed by atoms with Gasteiger partial charge < -0.3 is 10.3 Å². The van der Waals surface area contributed by atoms with Crippen molar-refractivity contribution in [2.75, 3.05) is 11.9 Å². The fraction of sp³-hybridized carbons (Fsp3) is 0.364. The smallest absolute Gasteiger partial charge is 0.0456 e. The van der Waals surface area contributed by atoms with Crippen molar-refractivity contribution in [1.29, 1.82) is 0 Å². The summed E-state index contributed by atoms with van der Waals surface area (Å²) in [6, 6.07) is 17.1. The SMILES string of the molecule is CCCC1CNc2ccccc21.CCCc1c[nH]c2ccccc12.[B]. The Kier molecular flexibility index (Phi) is 7.18. The fourth-order valence-corrected chi connectivity index (χ4v) is 3.57. The van der Waals surface area contributed by atoms with Gasteiger partial charge >= 0.3 is 0 Å². The van der Waals surface area contributed by atoms with Crippen LogP contribution in [-0.2, 0) is 6.42 Å². The second-order valence-corrected chi connectivity index (χ2v) is 6.56. The number of aromatic nitrogens is 1. The van der Waals surface area contributed by atoms with Crippen molar-refractivity contribution in [3.05, 3.63) is 65.9 Å². The number of rotatable bonds is 4. The van der Waals surface area contributed by atoms with Gasteiger partial charge in [0.25, 0.3) is 0 Å². The Balaban J connectivity index is 0.000000173. The van der Waals surface area contributed by atoms with Gasteiger partial charge in [-0.1, -0.05) is 63.1 Å². The first-order chi connectivity index (χ1) is 11.8. The van der Waals surface area contributed by atoms with Crippen LogP contribution in [0.25, 0.3) is 10.9 Å². The quantitative estimate of drug-likeness (QED) is 0.587. The second kappa shape index (κ2) is 9.36. The minimum atomic E-state index is 0. The van der Waals surface area contributed by atoms with Crippen LogP contribution < -0.4 is 5.32 Å². The summed E-state index contributed by atoms with van der Waals surface area (Å²) in [4.78, 5) is 3.27. The molecule has 1 aliphatic heterocycles. The Morgan fingerprint density at radius 2 is 1.72 bits per heavy atom. The molecule has 2 nitrogen and oxygen atoms in total. The Labute approximate surface area is 153 Å². The molecular formula is C22H28BN2. The largest absolute Gasteiger partial charge is 0.384 e. The predicted molar refractivity (Wildman–Crippen MR) is 111 cm³/mol. The summed E-state index contributed by atoms with van der Waals surface area (Å²) in [5.41, 5.74) is 5.55. The number of hydrogen-bond donors (Lipinski definition) is 2. The third kappa shape index (κ3) is 4.48. The normalized spacial score (nSPS) is 14.9. The standard InChI is InChI=1S/C11H15N.C11H13N.B/c2*1-2-5-9-8-12-11-7-4-3-6-10(9)11;/h3-4,6-7,9,12H,2,5,8H2,1H3;3-4,6-8,12H,2,5H2,1H3;. The van der Waals surface area contributed by atoms with E-state index in [1.54, 1.807) is 0 Å². The van der Waals surface area contributed by atoms with Gasteiger partial charge in [0.15, 0.2) is 0 Å². The molecule has 129 valence electrons. The van der Waals surface area contributed by atoms with E-state index in [2.05, 4.69) is 78.9 Å². The monoisotopic (exact) mass is 331 g/mol. The number of H-pyrrole nitrogens is 1. The van der Waals surface area contributed by atoms with Crippen LogP contribution in [0.4, 0.5) is 5.69 Å². The molecule has 1 atom stereocenters. The van der Waals surface area contributed by atoms with Crippen LogP contribution in [0, 0.1) is 0 Å². The predicted octanol–water partition coefficient (Wildman–Crippen LogP) is 5.74. The first-order valence-electron chi connectivity index (χ1n) is 9.21. The molecule has 2 heterocycles. The molecule has 0 amide bonds. The van der Waals surface area contributed by atoms with Crippen molar-refractivity contribution < 1.29 is 0 Å². The lowest BCUT2D eigenvalue weighted by molar-refractivity contribution is 0.661. The fourth-order valence-electron chi connectivity index (χ4n) is 3.57. The maximum atomic E-state index is 3.44. The van der Waals surface area contributed by atoms with E-state index in [-0.39, 0.29) is 8.41 Å². The van der Waals surface area contributed by atoms with Gasteiger partial charge in [0.2, 0.25) is 0 Å². The number of fused-ring (bicyclic) bond motifs is 2. The summed E-state index contributed by atoms with van der Waals surface area (Å²) >= 11 is 0. The second-order valence-electron chi connectivity index (χ2n) is 6.56. The van der Waals surface area contributed by atoms with E-state index in [9.17, 15) is 0 Å². The first kappa shape index (κ1) is 19.2. The minimum Gasteiger partial charge on any atom is -0.384 e. The summed E-state index contributed by atoms with van der Waals surface area (Å²) in [7, 11) is 0. The molecule has 1 unspecified atom stereocenters. The van der Waals surface area contributed by atoms with Crippen molar-refractivity contribution in [3.63, 3.8) is 0 Å². The Bertz CT molecular complexity index is 776. The molecule has 3 radical (unpaired) electrons.